The van der Waals surface area contributed by atoms with Crippen LogP contribution < -0.4 is 42.1 Å². The monoisotopic (exact) mass is 1090 g/mol. The third-order valence-electron chi connectivity index (χ3n) is 9.36. The van der Waals surface area contributed by atoms with E-state index in [1.165, 1.54) is 6.20 Å². The second-order valence-electron chi connectivity index (χ2n) is 14.7. The van der Waals surface area contributed by atoms with Crippen molar-refractivity contribution in [3.63, 3.8) is 0 Å². The average Bonchev–Trinajstić information content (AvgIpc) is 4.05. The predicted molar refractivity (Wildman–Crippen MR) is 272 cm³/mol. The number of fused-ring (bicyclic) bond motifs is 3. The van der Waals surface area contributed by atoms with Crippen LogP contribution in [0.1, 0.15) is 83.5 Å². The zero-order valence-corrected chi connectivity index (χ0v) is 42.9. The third-order valence-corrected chi connectivity index (χ3v) is 10.3. The van der Waals surface area contributed by atoms with E-state index in [0.717, 1.165) is 15.6 Å². The molecule has 0 saturated heterocycles. The normalized spacial score (nSPS) is 10.5. The number of nitrogens with zero attached hydrogens (tertiary/aromatic N) is 9. The summed E-state index contributed by atoms with van der Waals surface area (Å²) < 4.78 is 11.2. The van der Waals surface area contributed by atoms with Crippen LogP contribution in [0.4, 0.5) is 27.2 Å². The van der Waals surface area contributed by atoms with Crippen LogP contribution in [0.25, 0.3) is 28.1 Å². The highest BCUT2D eigenvalue weighted by Gasteiger charge is 2.19. The molecule has 0 unspecified atom stereocenters. The minimum absolute atomic E-state index is 0.176. The molecule has 70 heavy (non-hydrogen) atoms. The molecule has 0 atom stereocenters. The van der Waals surface area contributed by atoms with E-state index >= 15 is 0 Å². The van der Waals surface area contributed by atoms with Gasteiger partial charge in [-0.15, -0.1) is 0 Å². The van der Waals surface area contributed by atoms with Crippen molar-refractivity contribution in [3.8, 4) is 11.1 Å². The summed E-state index contributed by atoms with van der Waals surface area (Å²) in [5.74, 6) is 0.133. The first-order chi connectivity index (χ1) is 33.5. The summed E-state index contributed by atoms with van der Waals surface area (Å²) in [5, 5.41) is 18.8. The summed E-state index contributed by atoms with van der Waals surface area (Å²) in [5.41, 5.74) is 4.51. The average molecular weight is 1090 g/mol. The fraction of sp³-hybridized carbons (Fsp3) is 0.311. The topological polar surface area (TPSA) is 277 Å². The van der Waals surface area contributed by atoms with Crippen molar-refractivity contribution >= 4 is 102 Å². The first kappa shape index (κ1) is 53.3. The van der Waals surface area contributed by atoms with Gasteiger partial charge in [0, 0.05) is 79.9 Å². The number of anilines is 3. The maximum atomic E-state index is 12.6. The molecule has 0 aromatic carbocycles. The Labute approximate surface area is 419 Å². The van der Waals surface area contributed by atoms with E-state index in [0.29, 0.717) is 88.8 Å². The number of ether oxygens (including phenoxy) is 1. The standard InChI is InChI=1S/C19H24N8O2.C13H16BrN5O2.C13H14BrN3O3/c1-5-20-17(28)14-7-12(13-9-22-18(23-10-13)26(3)4)8-16-24-15(11-27(14)16)25-19(29)21-6-2;1-3-15-12(20)9-5-8(14)6-11-17-10(7-19(9)11)18-13(21)16-4-2;1-3-15-12(18)10-5-8(14)6-11-16-9(7-17(10)11)13(19)20-4-2/h7-11H,5-6H2,1-4H3,(H,20,28)(H2,21,25,29);5-7H,3-4H2,1-2H3,(H,15,20)(H2,16,18,21);5-7H,3-4H2,1-2H3,(H,15,18). The van der Waals surface area contributed by atoms with E-state index in [-0.39, 0.29) is 42.1 Å². The van der Waals surface area contributed by atoms with Crippen molar-refractivity contribution in [1.29, 1.82) is 0 Å². The Morgan fingerprint density at radius 2 is 0.957 bits per heavy atom. The molecule has 7 aromatic rings. The van der Waals surface area contributed by atoms with Crippen LogP contribution in [0.5, 0.6) is 0 Å². The Balaban J connectivity index is 0.000000200. The maximum Gasteiger partial charge on any atom is 0.358 e. The van der Waals surface area contributed by atoms with Gasteiger partial charge in [-0.25, -0.2) is 39.3 Å². The molecule has 0 radical (unpaired) electrons. The van der Waals surface area contributed by atoms with Crippen LogP contribution >= 0.6 is 31.9 Å². The molecule has 0 aliphatic rings. The number of nitrogens with one attached hydrogen (secondary N) is 7. The van der Waals surface area contributed by atoms with E-state index < -0.39 is 5.97 Å². The number of amides is 7. The SMILES string of the molecule is CCNC(=O)Nc1cn2c(C(=O)NCC)cc(-c3cnc(N(C)C)nc3)cc2n1.CCNC(=O)Nc1cn2c(C(=O)NCC)cc(Br)cc2n1.CCNC(=O)c1cc(Br)cc2nc(C(=O)OCC)cn12. The highest BCUT2D eigenvalue weighted by atomic mass is 79.9. The third kappa shape index (κ3) is 13.7. The molecule has 7 rings (SSSR count). The van der Waals surface area contributed by atoms with Gasteiger partial charge in [0.05, 0.1) is 19.0 Å². The quantitative estimate of drug-likeness (QED) is 0.0639. The van der Waals surface area contributed by atoms with Gasteiger partial charge in [0.1, 0.15) is 34.0 Å². The number of hydrogen-bond donors (Lipinski definition) is 7. The summed E-state index contributed by atoms with van der Waals surface area (Å²) in [6.45, 7) is 13.8. The molecule has 0 aliphatic heterocycles. The minimum Gasteiger partial charge on any atom is -0.461 e. The molecule has 7 amide bonds. The Bertz CT molecular complexity index is 3010. The van der Waals surface area contributed by atoms with Crippen LogP contribution in [0.15, 0.2) is 76.3 Å². The van der Waals surface area contributed by atoms with Crippen LogP contribution in [-0.2, 0) is 4.74 Å². The molecule has 0 fully saturated rings. The van der Waals surface area contributed by atoms with Gasteiger partial charge >= 0.3 is 18.0 Å². The van der Waals surface area contributed by atoms with Crippen LogP contribution in [-0.4, -0.2) is 127 Å². The molecule has 7 N–H and O–H groups in total. The molecule has 0 saturated carbocycles. The van der Waals surface area contributed by atoms with Crippen molar-refractivity contribution in [2.75, 3.05) is 69.0 Å². The van der Waals surface area contributed by atoms with E-state index in [9.17, 15) is 28.8 Å². The Morgan fingerprint density at radius 1 is 0.543 bits per heavy atom. The lowest BCUT2D eigenvalue weighted by Crippen LogP contribution is -2.28. The second kappa shape index (κ2) is 25.1. The zero-order valence-electron chi connectivity index (χ0n) is 39.7. The number of rotatable bonds is 14. The number of pyridine rings is 3. The first-order valence-corrected chi connectivity index (χ1v) is 23.6. The fourth-order valence-electron chi connectivity index (χ4n) is 6.41. The summed E-state index contributed by atoms with van der Waals surface area (Å²) in [7, 11) is 3.73. The maximum absolute atomic E-state index is 12.6. The second-order valence-corrected chi connectivity index (χ2v) is 16.6. The van der Waals surface area contributed by atoms with Gasteiger partial charge in [0.2, 0.25) is 5.95 Å². The lowest BCUT2D eigenvalue weighted by Gasteiger charge is -2.11. The molecular formula is C45H54Br2N16O7. The zero-order chi connectivity index (χ0) is 51.1. The van der Waals surface area contributed by atoms with Gasteiger partial charge in [-0.05, 0) is 83.5 Å². The number of halogens is 2. The molecule has 0 aliphatic carbocycles. The van der Waals surface area contributed by atoms with Crippen molar-refractivity contribution in [2.45, 2.75) is 41.5 Å². The van der Waals surface area contributed by atoms with Crippen LogP contribution in [0.3, 0.4) is 0 Å². The summed E-state index contributed by atoms with van der Waals surface area (Å²) in [4.78, 5) is 95.1. The van der Waals surface area contributed by atoms with Gasteiger partial charge < -0.3 is 36.2 Å². The fourth-order valence-corrected chi connectivity index (χ4v) is 7.25. The molecule has 23 nitrogen and oxygen atoms in total. The Morgan fingerprint density at radius 3 is 1.39 bits per heavy atom. The van der Waals surface area contributed by atoms with Crippen molar-refractivity contribution in [2.24, 2.45) is 0 Å². The molecule has 370 valence electrons. The lowest BCUT2D eigenvalue weighted by atomic mass is 10.1. The number of urea groups is 2. The molecular weight excluding hydrogens is 1040 g/mol. The Hall–Kier alpha value is -7.67. The largest absolute Gasteiger partial charge is 0.461 e. The van der Waals surface area contributed by atoms with Gasteiger partial charge in [-0.2, -0.15) is 0 Å². The Kier molecular flexibility index (Phi) is 19.1. The van der Waals surface area contributed by atoms with Crippen molar-refractivity contribution in [3.05, 3.63) is 99.1 Å². The number of aromatic nitrogens is 8. The van der Waals surface area contributed by atoms with Crippen molar-refractivity contribution < 1.29 is 33.5 Å². The van der Waals surface area contributed by atoms with Gasteiger partial charge in [-0.1, -0.05) is 31.9 Å². The van der Waals surface area contributed by atoms with Gasteiger partial charge in [-0.3, -0.25) is 38.2 Å². The number of imidazole rings is 3. The highest BCUT2D eigenvalue weighted by Crippen LogP contribution is 2.25. The summed E-state index contributed by atoms with van der Waals surface area (Å²) in [6.07, 6.45) is 8.13. The molecule has 25 heteroatoms. The van der Waals surface area contributed by atoms with Crippen LogP contribution in [0.2, 0.25) is 0 Å². The highest BCUT2D eigenvalue weighted by molar-refractivity contribution is 9.10. The van der Waals surface area contributed by atoms with E-state index in [1.54, 1.807) is 80.1 Å². The number of hydrogen-bond acceptors (Lipinski definition) is 13. The summed E-state index contributed by atoms with van der Waals surface area (Å²) in [6, 6.07) is 9.76. The van der Waals surface area contributed by atoms with E-state index in [4.69, 9.17) is 4.74 Å². The van der Waals surface area contributed by atoms with Gasteiger partial charge in [0.15, 0.2) is 17.3 Å². The predicted octanol–water partition coefficient (Wildman–Crippen LogP) is 5.76. The molecule has 7 heterocycles. The van der Waals surface area contributed by atoms with E-state index in [2.05, 4.69) is 94.0 Å². The lowest BCUT2D eigenvalue weighted by molar-refractivity contribution is 0.0519. The van der Waals surface area contributed by atoms with E-state index in [1.807, 2.05) is 54.8 Å². The minimum atomic E-state index is -0.505. The summed E-state index contributed by atoms with van der Waals surface area (Å²) >= 11 is 6.68. The van der Waals surface area contributed by atoms with Gasteiger partial charge in [0.25, 0.3) is 17.7 Å². The smallest absolute Gasteiger partial charge is 0.358 e. The first-order valence-electron chi connectivity index (χ1n) is 22.1. The number of carbonyl (C=O) groups excluding carboxylic acids is 6. The van der Waals surface area contributed by atoms with Crippen LogP contribution in [0, 0.1) is 0 Å². The molecule has 7 aromatic heterocycles. The van der Waals surface area contributed by atoms with Crippen molar-refractivity contribution in [1.82, 2.24) is 64.7 Å². The number of carbonyl (C=O) groups is 6. The molecule has 0 bridgehead atoms. The molecule has 0 spiro atoms. The number of esters is 1.